The number of carbonyl (C=O) groups is 1. The van der Waals surface area contributed by atoms with Crippen molar-refractivity contribution in [2.45, 2.75) is 6.92 Å². The van der Waals surface area contributed by atoms with Crippen LogP contribution in [0.4, 0.5) is 0 Å². The van der Waals surface area contributed by atoms with Crippen molar-refractivity contribution >= 4 is 43.2 Å². The third-order valence-electron chi connectivity index (χ3n) is 0.249. The van der Waals surface area contributed by atoms with Crippen LogP contribution in [0, 0.1) is 0 Å². The molecule has 0 spiro atoms. The van der Waals surface area contributed by atoms with Gasteiger partial charge in [-0.2, -0.15) is 0 Å². The van der Waals surface area contributed by atoms with E-state index in [0.717, 1.165) is 6.26 Å². The van der Waals surface area contributed by atoms with Gasteiger partial charge in [-0.15, -0.1) is 0 Å². The summed E-state index contributed by atoms with van der Waals surface area (Å²) in [6.07, 6.45) is 1.10. The lowest BCUT2D eigenvalue weighted by atomic mass is 10.8. The summed E-state index contributed by atoms with van der Waals surface area (Å²) < 4.78 is 4.17. The Balaban J connectivity index is 0. The molecule has 0 rings (SSSR count). The van der Waals surface area contributed by atoms with Crippen molar-refractivity contribution in [1.82, 2.24) is 0 Å². The van der Waals surface area contributed by atoms with Gasteiger partial charge in [0.1, 0.15) is 0 Å². The fourth-order valence-electron chi connectivity index (χ4n) is 0.117. The minimum atomic E-state index is -0.329. The molecule has 0 radical (unpaired) electrons. The van der Waals surface area contributed by atoms with E-state index in [1.165, 1.54) is 6.92 Å². The van der Waals surface area contributed by atoms with Crippen LogP contribution in [0.15, 0.2) is 12.8 Å². The maximum Gasteiger partial charge on any atom is 0.307 e. The Hall–Kier alpha value is 0.670. The lowest BCUT2D eigenvalue weighted by Gasteiger charge is -1.83. The number of esters is 1. The standard InChI is InChI=1S/C4H6O2.I2/c1-3-6-4(2)5;1-2/h3H,1H2,2H3;. The summed E-state index contributed by atoms with van der Waals surface area (Å²) in [5, 5.41) is 0. The zero-order valence-electron chi connectivity index (χ0n) is 4.36. The largest absolute Gasteiger partial charge is 0.435 e. The highest BCUT2D eigenvalue weighted by atomic mass is 128. The van der Waals surface area contributed by atoms with Crippen LogP contribution < -0.4 is 0 Å². The Kier molecular flexibility index (Phi) is 15.2. The Morgan fingerprint density at radius 3 is 2.12 bits per heavy atom. The summed E-state index contributed by atoms with van der Waals surface area (Å²) >= 11 is 4.24. The van der Waals surface area contributed by atoms with E-state index in [0.29, 0.717) is 0 Å². The van der Waals surface area contributed by atoms with Crippen molar-refractivity contribution in [3.05, 3.63) is 12.8 Å². The van der Waals surface area contributed by atoms with Crippen LogP contribution in [0.3, 0.4) is 0 Å². The molecule has 0 aromatic carbocycles. The number of rotatable bonds is 1. The molecule has 0 aromatic heterocycles. The Labute approximate surface area is 72.0 Å². The van der Waals surface area contributed by atoms with Crippen molar-refractivity contribution < 1.29 is 9.53 Å². The van der Waals surface area contributed by atoms with Crippen LogP contribution in [0.5, 0.6) is 0 Å². The van der Waals surface area contributed by atoms with E-state index < -0.39 is 0 Å². The van der Waals surface area contributed by atoms with E-state index in [9.17, 15) is 4.79 Å². The molecule has 0 aliphatic heterocycles. The predicted molar refractivity (Wildman–Crippen MR) is 50.0 cm³/mol. The first-order valence-corrected chi connectivity index (χ1v) is 7.98. The molecule has 0 aliphatic rings. The fraction of sp³-hybridized carbons (Fsp3) is 0.250. The molecule has 0 saturated heterocycles. The van der Waals surface area contributed by atoms with Crippen LogP contribution in [-0.4, -0.2) is 5.97 Å². The van der Waals surface area contributed by atoms with Crippen LogP contribution in [0.25, 0.3) is 0 Å². The van der Waals surface area contributed by atoms with Gasteiger partial charge in [0.05, 0.1) is 6.26 Å². The van der Waals surface area contributed by atoms with Gasteiger partial charge in [0.15, 0.2) is 0 Å². The summed E-state index contributed by atoms with van der Waals surface area (Å²) in [6, 6.07) is 0. The summed E-state index contributed by atoms with van der Waals surface area (Å²) in [7, 11) is 0. The molecule has 0 N–H and O–H groups in total. The molecule has 0 heterocycles. The molecular weight excluding hydrogens is 334 g/mol. The van der Waals surface area contributed by atoms with Gasteiger partial charge in [0, 0.05) is 44.2 Å². The summed E-state index contributed by atoms with van der Waals surface area (Å²) in [5.74, 6) is -0.329. The zero-order chi connectivity index (χ0) is 6.99. The van der Waals surface area contributed by atoms with Crippen LogP contribution in [-0.2, 0) is 9.53 Å². The third kappa shape index (κ3) is 15.9. The van der Waals surface area contributed by atoms with Crippen LogP contribution in [0.2, 0.25) is 0 Å². The molecule has 0 saturated carbocycles. The highest BCUT2D eigenvalue weighted by Gasteiger charge is 1.79. The van der Waals surface area contributed by atoms with E-state index in [1.54, 1.807) is 0 Å². The quantitative estimate of drug-likeness (QED) is 0.417. The van der Waals surface area contributed by atoms with Gasteiger partial charge in [-0.25, -0.2) is 0 Å². The average Bonchev–Trinajstić information content (AvgIpc) is 1.72. The fourth-order valence-corrected chi connectivity index (χ4v) is 0.117. The van der Waals surface area contributed by atoms with Crippen molar-refractivity contribution in [2.24, 2.45) is 0 Å². The molecular formula is C4H6I2O2. The Bertz CT molecular complexity index is 72.4. The van der Waals surface area contributed by atoms with E-state index in [1.807, 2.05) is 0 Å². The summed E-state index contributed by atoms with van der Waals surface area (Å²) in [6.45, 7) is 4.48. The monoisotopic (exact) mass is 340 g/mol. The summed E-state index contributed by atoms with van der Waals surface area (Å²) in [4.78, 5) is 9.75. The normalized spacial score (nSPS) is 5.88. The Morgan fingerprint density at radius 1 is 1.75 bits per heavy atom. The maximum atomic E-state index is 9.75. The van der Waals surface area contributed by atoms with Crippen LogP contribution >= 0.6 is 37.2 Å². The highest BCUT2D eigenvalue weighted by molar-refractivity contribution is 15.0. The van der Waals surface area contributed by atoms with E-state index in [2.05, 4.69) is 48.5 Å². The molecule has 0 aliphatic carbocycles. The van der Waals surface area contributed by atoms with Gasteiger partial charge in [0.2, 0.25) is 0 Å². The second kappa shape index (κ2) is 10.6. The maximum absolute atomic E-state index is 9.75. The smallest absolute Gasteiger partial charge is 0.307 e. The molecule has 0 fully saturated rings. The van der Waals surface area contributed by atoms with Crippen molar-refractivity contribution in [3.8, 4) is 0 Å². The second-order valence-electron chi connectivity index (χ2n) is 0.776. The first kappa shape index (κ1) is 11.5. The first-order chi connectivity index (χ1) is 3.77. The number of hydrogen-bond acceptors (Lipinski definition) is 2. The predicted octanol–water partition coefficient (Wildman–Crippen LogP) is 2.46. The van der Waals surface area contributed by atoms with Crippen molar-refractivity contribution in [2.75, 3.05) is 0 Å². The number of halogens is 2. The molecule has 8 heavy (non-hydrogen) atoms. The third-order valence-corrected chi connectivity index (χ3v) is 0.249. The van der Waals surface area contributed by atoms with Gasteiger partial charge in [-0.1, -0.05) is 6.58 Å². The first-order valence-electron chi connectivity index (χ1n) is 1.70. The molecule has 0 atom stereocenters. The lowest BCUT2D eigenvalue weighted by Crippen LogP contribution is -1.87. The number of ether oxygens (including phenoxy) is 1. The molecule has 0 amide bonds. The van der Waals surface area contributed by atoms with Gasteiger partial charge >= 0.3 is 5.97 Å². The minimum absolute atomic E-state index is 0.329. The topological polar surface area (TPSA) is 26.3 Å². The van der Waals surface area contributed by atoms with E-state index >= 15 is 0 Å². The van der Waals surface area contributed by atoms with Gasteiger partial charge in [-0.05, 0) is 0 Å². The highest BCUT2D eigenvalue weighted by Crippen LogP contribution is 1.89. The average molecular weight is 340 g/mol. The second-order valence-corrected chi connectivity index (χ2v) is 0.776. The Morgan fingerprint density at radius 2 is 2.12 bits per heavy atom. The molecule has 0 unspecified atom stereocenters. The summed E-state index contributed by atoms with van der Waals surface area (Å²) in [5.41, 5.74) is 0. The zero-order valence-corrected chi connectivity index (χ0v) is 8.67. The SMILES string of the molecule is C=COC(C)=O.II. The van der Waals surface area contributed by atoms with E-state index in [-0.39, 0.29) is 5.97 Å². The molecule has 0 bridgehead atoms. The van der Waals surface area contributed by atoms with Gasteiger partial charge < -0.3 is 4.74 Å². The lowest BCUT2D eigenvalue weighted by molar-refractivity contribution is -0.135. The van der Waals surface area contributed by atoms with Crippen LogP contribution in [0.1, 0.15) is 6.92 Å². The number of carbonyl (C=O) groups excluding carboxylic acids is 1. The molecule has 0 aromatic rings. The van der Waals surface area contributed by atoms with Crippen molar-refractivity contribution in [1.29, 1.82) is 0 Å². The minimum Gasteiger partial charge on any atom is -0.435 e. The van der Waals surface area contributed by atoms with Gasteiger partial charge in [-0.3, -0.25) is 4.79 Å². The van der Waals surface area contributed by atoms with Crippen molar-refractivity contribution in [3.63, 3.8) is 0 Å². The molecule has 2 nitrogen and oxygen atoms in total. The van der Waals surface area contributed by atoms with E-state index in [4.69, 9.17) is 0 Å². The number of hydrogen-bond donors (Lipinski definition) is 0. The molecule has 4 heteroatoms. The van der Waals surface area contributed by atoms with Gasteiger partial charge in [0.25, 0.3) is 0 Å². The molecule has 48 valence electrons.